The highest BCUT2D eigenvalue weighted by Gasteiger charge is 2.17. The van der Waals surface area contributed by atoms with E-state index in [1.54, 1.807) is 48.7 Å². The van der Waals surface area contributed by atoms with Gasteiger partial charge >= 0.3 is 0 Å². The average molecular weight is 441 g/mol. The first kappa shape index (κ1) is 21.8. The Hall–Kier alpha value is -4.46. The first-order chi connectivity index (χ1) is 16.1. The van der Waals surface area contributed by atoms with E-state index >= 15 is 0 Å². The van der Waals surface area contributed by atoms with Crippen LogP contribution in [-0.2, 0) is 6.54 Å². The Morgan fingerprint density at radius 1 is 1.00 bits per heavy atom. The normalized spacial score (nSPS) is 10.6. The summed E-state index contributed by atoms with van der Waals surface area (Å²) in [7, 11) is 0. The first-order valence-electron chi connectivity index (χ1n) is 10.5. The fourth-order valence-corrected chi connectivity index (χ4v) is 3.43. The van der Waals surface area contributed by atoms with Gasteiger partial charge in [0.2, 0.25) is 5.88 Å². The first-order valence-corrected chi connectivity index (χ1v) is 10.5. The van der Waals surface area contributed by atoms with Crippen LogP contribution in [0.3, 0.4) is 0 Å². The summed E-state index contributed by atoms with van der Waals surface area (Å²) in [5.74, 6) is 0.0942. The lowest BCUT2D eigenvalue weighted by Gasteiger charge is -2.13. The van der Waals surface area contributed by atoms with Gasteiger partial charge in [-0.3, -0.25) is 9.59 Å². The molecule has 166 valence electrons. The van der Waals surface area contributed by atoms with Crippen LogP contribution in [0.2, 0.25) is 0 Å². The Morgan fingerprint density at radius 2 is 1.82 bits per heavy atom. The number of aromatic nitrogens is 3. The van der Waals surface area contributed by atoms with Gasteiger partial charge in [-0.1, -0.05) is 31.2 Å². The Balaban J connectivity index is 1.58. The Morgan fingerprint density at radius 3 is 2.64 bits per heavy atom. The van der Waals surface area contributed by atoms with Crippen molar-refractivity contribution in [3.8, 4) is 23.0 Å². The zero-order valence-electron chi connectivity index (χ0n) is 18.1. The number of nitrogens with zero attached hydrogens (tertiary/aromatic N) is 3. The highest BCUT2D eigenvalue weighted by molar-refractivity contribution is 6.06. The molecule has 2 amide bonds. The lowest BCUT2D eigenvalue weighted by molar-refractivity contribution is 0.0997. The smallest absolute Gasteiger partial charge is 0.261 e. The number of nitrogens with one attached hydrogen (secondary N) is 1. The quantitative estimate of drug-likeness (QED) is 0.418. The number of para-hydroxylation sites is 1. The maximum absolute atomic E-state index is 13.1. The topological polar surface area (TPSA) is 112 Å². The van der Waals surface area contributed by atoms with Gasteiger partial charge in [-0.2, -0.15) is 0 Å². The molecule has 0 bridgehead atoms. The van der Waals surface area contributed by atoms with Crippen molar-refractivity contribution in [1.29, 1.82) is 0 Å². The summed E-state index contributed by atoms with van der Waals surface area (Å²) in [5, 5.41) is 2.89. The minimum absolute atomic E-state index is 0.0679. The van der Waals surface area contributed by atoms with Crippen LogP contribution in [0.5, 0.6) is 11.6 Å². The van der Waals surface area contributed by atoms with Gasteiger partial charge in [-0.05, 0) is 42.8 Å². The minimum Gasteiger partial charge on any atom is -0.437 e. The van der Waals surface area contributed by atoms with Crippen molar-refractivity contribution >= 4 is 17.5 Å². The lowest BCUT2D eigenvalue weighted by atomic mass is 10.1. The van der Waals surface area contributed by atoms with E-state index in [2.05, 4.69) is 26.8 Å². The molecule has 8 nitrogen and oxygen atoms in total. The molecule has 0 radical (unpaired) electrons. The van der Waals surface area contributed by atoms with E-state index in [0.717, 1.165) is 24.4 Å². The van der Waals surface area contributed by atoms with E-state index in [4.69, 9.17) is 10.5 Å². The third-order valence-electron chi connectivity index (χ3n) is 4.93. The van der Waals surface area contributed by atoms with Gasteiger partial charge < -0.3 is 20.4 Å². The molecular formula is C25H23N5O3. The molecule has 0 atom stereocenters. The zero-order chi connectivity index (χ0) is 23.2. The maximum Gasteiger partial charge on any atom is 0.261 e. The predicted molar refractivity (Wildman–Crippen MR) is 125 cm³/mol. The van der Waals surface area contributed by atoms with Gasteiger partial charge in [-0.25, -0.2) is 9.97 Å². The third-order valence-corrected chi connectivity index (χ3v) is 4.93. The number of aryl methyl sites for hydroxylation is 1. The summed E-state index contributed by atoms with van der Waals surface area (Å²) >= 11 is 0. The molecular weight excluding hydrogens is 418 g/mol. The predicted octanol–water partition coefficient (Wildman–Crippen LogP) is 4.50. The second-order valence-electron chi connectivity index (χ2n) is 7.30. The molecule has 0 aliphatic rings. The van der Waals surface area contributed by atoms with Crippen LogP contribution in [-0.4, -0.2) is 26.3 Å². The van der Waals surface area contributed by atoms with Crippen LogP contribution in [0.15, 0.2) is 79.3 Å². The third kappa shape index (κ3) is 4.90. The maximum atomic E-state index is 13.1. The summed E-state index contributed by atoms with van der Waals surface area (Å²) in [4.78, 5) is 33.4. The summed E-state index contributed by atoms with van der Waals surface area (Å²) in [6.07, 6.45) is 6.20. The van der Waals surface area contributed by atoms with Gasteiger partial charge in [0.05, 0.1) is 5.56 Å². The van der Waals surface area contributed by atoms with Crippen LogP contribution in [0.1, 0.15) is 34.1 Å². The van der Waals surface area contributed by atoms with Crippen molar-refractivity contribution in [2.24, 2.45) is 5.73 Å². The summed E-state index contributed by atoms with van der Waals surface area (Å²) in [6, 6.07) is 17.2. The fraction of sp³-hybridized carbons (Fsp3) is 0.120. The van der Waals surface area contributed by atoms with Crippen LogP contribution in [0.4, 0.5) is 5.69 Å². The van der Waals surface area contributed by atoms with Crippen molar-refractivity contribution in [2.75, 3.05) is 5.32 Å². The van der Waals surface area contributed by atoms with E-state index in [-0.39, 0.29) is 22.8 Å². The molecule has 2 aromatic carbocycles. The van der Waals surface area contributed by atoms with Crippen LogP contribution in [0, 0.1) is 0 Å². The molecule has 0 fully saturated rings. The fourth-order valence-electron chi connectivity index (χ4n) is 3.43. The van der Waals surface area contributed by atoms with Crippen LogP contribution < -0.4 is 15.8 Å². The van der Waals surface area contributed by atoms with Crippen molar-refractivity contribution in [3.63, 3.8) is 0 Å². The number of amides is 2. The van der Waals surface area contributed by atoms with E-state index in [9.17, 15) is 9.59 Å². The molecule has 4 rings (SSSR count). The highest BCUT2D eigenvalue weighted by atomic mass is 16.5. The number of primary amides is 1. The molecule has 0 aliphatic carbocycles. The van der Waals surface area contributed by atoms with E-state index < -0.39 is 11.8 Å². The summed E-state index contributed by atoms with van der Waals surface area (Å²) in [6.45, 7) is 2.96. The molecule has 0 spiro atoms. The molecule has 4 aromatic rings. The molecule has 0 aliphatic heterocycles. The second-order valence-corrected chi connectivity index (χ2v) is 7.30. The number of hydrogen-bond donors (Lipinski definition) is 2. The number of pyridine rings is 1. The molecule has 2 heterocycles. The standard InChI is InChI=1S/C25H23N5O3/c1-2-14-30-15-13-27-23(30)17-7-5-8-18(16-17)29-24(32)20-10-6-12-28-25(20)33-21-11-4-3-9-19(21)22(26)31/h3-13,15-16H,2,14H2,1H3,(H2,26,31)(H,29,32). The van der Waals surface area contributed by atoms with Crippen molar-refractivity contribution in [2.45, 2.75) is 19.9 Å². The number of anilines is 1. The number of hydrogen-bond acceptors (Lipinski definition) is 5. The monoisotopic (exact) mass is 441 g/mol. The molecule has 0 unspecified atom stereocenters. The number of ether oxygens (including phenoxy) is 1. The van der Waals surface area contributed by atoms with E-state index in [1.165, 1.54) is 6.20 Å². The summed E-state index contributed by atoms with van der Waals surface area (Å²) < 4.78 is 7.87. The van der Waals surface area contributed by atoms with Gasteiger partial charge in [0.15, 0.2) is 0 Å². The Labute approximate surface area is 191 Å². The molecule has 8 heteroatoms. The van der Waals surface area contributed by atoms with Crippen LogP contribution >= 0.6 is 0 Å². The van der Waals surface area contributed by atoms with E-state index in [0.29, 0.717) is 5.69 Å². The zero-order valence-corrected chi connectivity index (χ0v) is 18.1. The minimum atomic E-state index is -0.634. The lowest BCUT2D eigenvalue weighted by Crippen LogP contribution is -2.15. The van der Waals surface area contributed by atoms with Crippen molar-refractivity contribution < 1.29 is 14.3 Å². The largest absolute Gasteiger partial charge is 0.437 e. The molecule has 0 saturated carbocycles. The SMILES string of the molecule is CCCn1ccnc1-c1cccc(NC(=O)c2cccnc2Oc2ccccc2C(N)=O)c1. The molecule has 33 heavy (non-hydrogen) atoms. The van der Waals surface area contributed by atoms with Gasteiger partial charge in [-0.15, -0.1) is 0 Å². The number of nitrogens with two attached hydrogens (primary N) is 1. The number of benzene rings is 2. The number of carbonyl (C=O) groups is 2. The van der Waals surface area contributed by atoms with Crippen LogP contribution in [0.25, 0.3) is 11.4 Å². The average Bonchev–Trinajstić information content (AvgIpc) is 3.28. The molecule has 3 N–H and O–H groups in total. The van der Waals surface area contributed by atoms with Gasteiger partial charge in [0, 0.05) is 36.4 Å². The second kappa shape index (κ2) is 9.78. The van der Waals surface area contributed by atoms with Gasteiger partial charge in [0.25, 0.3) is 11.8 Å². The molecule has 2 aromatic heterocycles. The Bertz CT molecular complexity index is 1300. The molecule has 0 saturated heterocycles. The highest BCUT2D eigenvalue weighted by Crippen LogP contribution is 2.27. The number of carbonyl (C=O) groups excluding carboxylic acids is 2. The van der Waals surface area contributed by atoms with Crippen molar-refractivity contribution in [1.82, 2.24) is 14.5 Å². The summed E-state index contributed by atoms with van der Waals surface area (Å²) in [5.41, 5.74) is 7.34. The van der Waals surface area contributed by atoms with Gasteiger partial charge in [0.1, 0.15) is 17.1 Å². The number of imidazole rings is 1. The Kier molecular flexibility index (Phi) is 6.45. The number of rotatable bonds is 8. The van der Waals surface area contributed by atoms with Crippen molar-refractivity contribution in [3.05, 3.63) is 90.4 Å². The van der Waals surface area contributed by atoms with E-state index in [1.807, 2.05) is 24.4 Å².